The van der Waals surface area contributed by atoms with Crippen LogP contribution in [0.1, 0.15) is 29.6 Å². The van der Waals surface area contributed by atoms with Crippen LogP contribution in [0.3, 0.4) is 0 Å². The van der Waals surface area contributed by atoms with Crippen LogP contribution in [-0.2, 0) is 10.0 Å². The minimum Gasteiger partial charge on any atom is -0.497 e. The molecule has 2 aromatic carbocycles. The van der Waals surface area contributed by atoms with Crippen molar-refractivity contribution in [1.29, 1.82) is 0 Å². The van der Waals surface area contributed by atoms with E-state index in [4.69, 9.17) is 9.47 Å². The van der Waals surface area contributed by atoms with E-state index in [9.17, 15) is 13.2 Å². The van der Waals surface area contributed by atoms with E-state index in [0.717, 1.165) is 42.3 Å². The Morgan fingerprint density at radius 1 is 1.00 bits per heavy atom. The first-order valence-electron chi connectivity index (χ1n) is 10.1. The summed E-state index contributed by atoms with van der Waals surface area (Å²) in [6.45, 7) is 1.64. The van der Waals surface area contributed by atoms with Crippen molar-refractivity contribution < 1.29 is 22.7 Å². The number of anilines is 2. The molecule has 2 aromatic rings. The number of nitrogens with zero attached hydrogens (tertiary/aromatic N) is 2. The molecule has 0 bridgehead atoms. The van der Waals surface area contributed by atoms with Crippen molar-refractivity contribution in [3.05, 3.63) is 42.0 Å². The first-order chi connectivity index (χ1) is 14.8. The highest BCUT2D eigenvalue weighted by Gasteiger charge is 2.24. The van der Waals surface area contributed by atoms with E-state index < -0.39 is 15.9 Å². The van der Waals surface area contributed by atoms with Crippen molar-refractivity contribution >= 4 is 27.3 Å². The van der Waals surface area contributed by atoms with E-state index in [0.29, 0.717) is 22.7 Å². The van der Waals surface area contributed by atoms with Gasteiger partial charge < -0.3 is 19.7 Å². The van der Waals surface area contributed by atoms with Gasteiger partial charge in [0.05, 0.1) is 30.4 Å². The number of benzene rings is 2. The quantitative estimate of drug-likeness (QED) is 0.701. The van der Waals surface area contributed by atoms with Crippen LogP contribution >= 0.6 is 0 Å². The number of ether oxygens (including phenoxy) is 2. The molecular formula is C22H29N3O5S. The second kappa shape index (κ2) is 9.57. The molecule has 0 aromatic heterocycles. The average molecular weight is 448 g/mol. The van der Waals surface area contributed by atoms with Gasteiger partial charge >= 0.3 is 0 Å². The molecule has 1 amide bonds. The number of amides is 1. The Kier molecular flexibility index (Phi) is 7.07. The molecule has 1 saturated heterocycles. The van der Waals surface area contributed by atoms with Gasteiger partial charge in [-0.05, 0) is 49.6 Å². The van der Waals surface area contributed by atoms with Crippen LogP contribution in [-0.4, -0.2) is 60.0 Å². The van der Waals surface area contributed by atoms with Crippen molar-refractivity contribution in [2.24, 2.45) is 0 Å². The highest BCUT2D eigenvalue weighted by molar-refractivity contribution is 7.89. The lowest BCUT2D eigenvalue weighted by atomic mass is 10.1. The summed E-state index contributed by atoms with van der Waals surface area (Å²) in [7, 11) is 2.30. The third-order valence-corrected chi connectivity index (χ3v) is 7.15. The zero-order chi connectivity index (χ0) is 22.6. The highest BCUT2D eigenvalue weighted by atomic mass is 32.2. The maximum atomic E-state index is 13.4. The summed E-state index contributed by atoms with van der Waals surface area (Å²) < 4.78 is 37.1. The number of hydrogen-bond donors (Lipinski definition) is 1. The number of piperidine rings is 1. The summed E-state index contributed by atoms with van der Waals surface area (Å²) in [4.78, 5) is 15.6. The van der Waals surface area contributed by atoms with Crippen molar-refractivity contribution in [3.63, 3.8) is 0 Å². The van der Waals surface area contributed by atoms with Crippen molar-refractivity contribution in [1.82, 2.24) is 4.31 Å². The summed E-state index contributed by atoms with van der Waals surface area (Å²) >= 11 is 0. The Hall–Kier alpha value is -2.78. The van der Waals surface area contributed by atoms with Crippen LogP contribution in [0, 0.1) is 0 Å². The van der Waals surface area contributed by atoms with Gasteiger partial charge in [-0.15, -0.1) is 0 Å². The number of rotatable bonds is 7. The molecule has 0 saturated carbocycles. The summed E-state index contributed by atoms with van der Waals surface area (Å²) in [5, 5.41) is 2.86. The van der Waals surface area contributed by atoms with Gasteiger partial charge in [0.1, 0.15) is 11.5 Å². The molecule has 0 unspecified atom stereocenters. The third kappa shape index (κ3) is 4.94. The van der Waals surface area contributed by atoms with Crippen molar-refractivity contribution in [2.75, 3.05) is 51.6 Å². The second-order valence-corrected chi connectivity index (χ2v) is 9.69. The van der Waals surface area contributed by atoms with Crippen molar-refractivity contribution in [3.8, 4) is 11.5 Å². The van der Waals surface area contributed by atoms with Gasteiger partial charge in [-0.25, -0.2) is 12.7 Å². The van der Waals surface area contributed by atoms with Crippen LogP contribution in [0.15, 0.2) is 41.3 Å². The van der Waals surface area contributed by atoms with Crippen LogP contribution < -0.4 is 19.7 Å². The van der Waals surface area contributed by atoms with E-state index in [1.54, 1.807) is 30.3 Å². The highest BCUT2D eigenvalue weighted by Crippen LogP contribution is 2.32. The van der Waals surface area contributed by atoms with Crippen LogP contribution in [0.25, 0.3) is 0 Å². The summed E-state index contributed by atoms with van der Waals surface area (Å²) in [6, 6.07) is 9.82. The van der Waals surface area contributed by atoms with E-state index in [1.807, 2.05) is 0 Å². The van der Waals surface area contributed by atoms with Gasteiger partial charge in [-0.1, -0.05) is 0 Å². The number of carbonyl (C=O) groups excluding carboxylic acids is 1. The standard InChI is InChI=1S/C22H29N3O5S/c1-24(2)31(27,28)17-9-10-20(25-12-6-5-7-13-25)18(15-17)22(26)23-19-14-16(29-3)8-11-21(19)30-4/h8-11,14-15H,5-7,12-13H2,1-4H3,(H,23,26). The topological polar surface area (TPSA) is 88.2 Å². The number of sulfonamides is 1. The molecule has 168 valence electrons. The molecule has 1 fully saturated rings. The third-order valence-electron chi connectivity index (χ3n) is 5.34. The van der Waals surface area contributed by atoms with Gasteiger partial charge in [0.2, 0.25) is 10.0 Å². The molecule has 3 rings (SSSR count). The Labute approximate surface area is 183 Å². The van der Waals surface area contributed by atoms with Crippen LogP contribution in [0.5, 0.6) is 11.5 Å². The Bertz CT molecular complexity index is 1050. The molecule has 0 atom stereocenters. The van der Waals surface area contributed by atoms with Gasteiger partial charge in [0.15, 0.2) is 0 Å². The molecule has 0 spiro atoms. The molecule has 0 radical (unpaired) electrons. The lowest BCUT2D eigenvalue weighted by Gasteiger charge is -2.30. The molecule has 31 heavy (non-hydrogen) atoms. The molecule has 9 heteroatoms. The zero-order valence-electron chi connectivity index (χ0n) is 18.3. The van der Waals surface area contributed by atoms with Gasteiger partial charge in [-0.2, -0.15) is 0 Å². The maximum Gasteiger partial charge on any atom is 0.257 e. The smallest absolute Gasteiger partial charge is 0.257 e. The molecule has 1 aliphatic rings. The molecule has 1 N–H and O–H groups in total. The summed E-state index contributed by atoms with van der Waals surface area (Å²) in [6.07, 6.45) is 3.21. The molecule has 1 aliphatic heterocycles. The van der Waals surface area contributed by atoms with Crippen LogP contribution in [0.4, 0.5) is 11.4 Å². The van der Waals surface area contributed by atoms with Gasteiger partial charge in [0, 0.05) is 38.9 Å². The predicted octanol–water partition coefficient (Wildman–Crippen LogP) is 3.20. The monoisotopic (exact) mass is 447 g/mol. The fourth-order valence-corrected chi connectivity index (χ4v) is 4.51. The number of carbonyl (C=O) groups is 1. The summed E-state index contributed by atoms with van der Waals surface area (Å²) in [5.74, 6) is 0.630. The molecule has 8 nitrogen and oxygen atoms in total. The maximum absolute atomic E-state index is 13.4. The average Bonchev–Trinajstić information content (AvgIpc) is 2.79. The minimum atomic E-state index is -3.69. The second-order valence-electron chi connectivity index (χ2n) is 7.53. The predicted molar refractivity (Wildman–Crippen MR) is 121 cm³/mol. The van der Waals surface area contributed by atoms with Crippen LogP contribution in [0.2, 0.25) is 0 Å². The Morgan fingerprint density at radius 3 is 2.32 bits per heavy atom. The van der Waals surface area contributed by atoms with Gasteiger partial charge in [-0.3, -0.25) is 4.79 Å². The summed E-state index contributed by atoms with van der Waals surface area (Å²) in [5.41, 5.74) is 1.46. The molecular weight excluding hydrogens is 418 g/mol. The Balaban J connectivity index is 2.05. The van der Waals surface area contributed by atoms with Gasteiger partial charge in [0.25, 0.3) is 5.91 Å². The van der Waals surface area contributed by atoms with E-state index in [-0.39, 0.29) is 4.90 Å². The fraction of sp³-hybridized carbons (Fsp3) is 0.409. The Morgan fingerprint density at radius 2 is 1.71 bits per heavy atom. The number of nitrogens with one attached hydrogen (secondary N) is 1. The first-order valence-corrected chi connectivity index (χ1v) is 11.6. The van der Waals surface area contributed by atoms with Crippen molar-refractivity contribution in [2.45, 2.75) is 24.2 Å². The lowest BCUT2D eigenvalue weighted by Crippen LogP contribution is -2.32. The molecule has 0 aliphatic carbocycles. The number of hydrogen-bond acceptors (Lipinski definition) is 6. The fourth-order valence-electron chi connectivity index (χ4n) is 3.58. The minimum absolute atomic E-state index is 0.0704. The first kappa shape index (κ1) is 22.9. The number of methoxy groups -OCH3 is 2. The van der Waals surface area contributed by atoms with E-state index in [1.165, 1.54) is 34.4 Å². The lowest BCUT2D eigenvalue weighted by molar-refractivity contribution is 0.102. The van der Waals surface area contributed by atoms with E-state index in [2.05, 4.69) is 10.2 Å². The largest absolute Gasteiger partial charge is 0.497 e. The SMILES string of the molecule is COc1ccc(OC)c(NC(=O)c2cc(S(=O)(=O)N(C)C)ccc2N2CCCCC2)c1. The van der Waals surface area contributed by atoms with E-state index >= 15 is 0 Å². The molecule has 1 heterocycles. The zero-order valence-corrected chi connectivity index (χ0v) is 19.2. The normalized spacial score (nSPS) is 14.4.